The highest BCUT2D eigenvalue weighted by Crippen LogP contribution is 2.33. The Labute approximate surface area is 260 Å². The predicted molar refractivity (Wildman–Crippen MR) is 172 cm³/mol. The lowest BCUT2D eigenvalue weighted by molar-refractivity contribution is -0.132. The number of rotatable bonds is 7. The van der Waals surface area contributed by atoms with Crippen molar-refractivity contribution in [2.45, 2.75) is 19.9 Å². The van der Waals surface area contributed by atoms with Gasteiger partial charge in [-0.05, 0) is 71.1 Å². The van der Waals surface area contributed by atoms with E-state index >= 15 is 0 Å². The molecule has 0 aliphatic carbocycles. The van der Waals surface area contributed by atoms with Crippen LogP contribution in [0.1, 0.15) is 41.5 Å². The maximum Gasteiger partial charge on any atom is 0.308 e. The van der Waals surface area contributed by atoms with Gasteiger partial charge in [-0.25, -0.2) is 4.39 Å². The number of aromatic nitrogens is 1. The lowest BCUT2D eigenvalue weighted by atomic mass is 10.00. The number of hydrogen-bond donors (Lipinski definition) is 2. The summed E-state index contributed by atoms with van der Waals surface area (Å²) in [4.78, 5) is 44.8. The van der Waals surface area contributed by atoms with Gasteiger partial charge in [-0.3, -0.25) is 14.4 Å². The van der Waals surface area contributed by atoms with Gasteiger partial charge >= 0.3 is 5.97 Å². The Hall–Kier alpha value is -5.44. The summed E-state index contributed by atoms with van der Waals surface area (Å²) in [5, 5.41) is 3.97. The van der Waals surface area contributed by atoms with E-state index in [1.165, 1.54) is 25.1 Å². The molecular formula is C36H33FN4O4. The van der Waals surface area contributed by atoms with E-state index in [1.807, 2.05) is 65.6 Å². The van der Waals surface area contributed by atoms with E-state index in [9.17, 15) is 18.8 Å². The number of halogens is 1. The maximum atomic E-state index is 14.6. The second kappa shape index (κ2) is 12.7. The summed E-state index contributed by atoms with van der Waals surface area (Å²) in [6, 6.07) is 28.0. The van der Waals surface area contributed by atoms with Crippen LogP contribution >= 0.6 is 0 Å². The molecule has 228 valence electrons. The molecule has 9 heteroatoms. The molecule has 5 aromatic rings. The highest BCUT2D eigenvalue weighted by molar-refractivity contribution is 5.96. The average Bonchev–Trinajstić information content (AvgIpc) is 3.48. The third-order valence-electron chi connectivity index (χ3n) is 8.09. The molecule has 0 bridgehead atoms. The molecule has 1 saturated heterocycles. The predicted octanol–water partition coefficient (Wildman–Crippen LogP) is 6.09. The zero-order chi connectivity index (χ0) is 31.5. The van der Waals surface area contributed by atoms with E-state index in [0.29, 0.717) is 29.9 Å². The summed E-state index contributed by atoms with van der Waals surface area (Å²) in [7, 11) is 0. The Kier molecular flexibility index (Phi) is 8.33. The molecule has 0 saturated carbocycles. The molecule has 1 fully saturated rings. The first-order valence-corrected chi connectivity index (χ1v) is 14.8. The number of aromatic amines is 1. The number of amides is 2. The van der Waals surface area contributed by atoms with Crippen LogP contribution in [-0.4, -0.2) is 53.8 Å². The Morgan fingerprint density at radius 3 is 2.29 bits per heavy atom. The second-order valence-electron chi connectivity index (χ2n) is 11.1. The fraction of sp³-hybridized carbons (Fsp3) is 0.194. The van der Waals surface area contributed by atoms with Gasteiger partial charge in [-0.15, -0.1) is 0 Å². The standard InChI is InChI=1S/C36H33FN4O4/c1-23(42)40-16-18-41(19-17-40)30-13-10-25(11-14-30)26-7-5-8-28(20-26)36(44)39-35(33-21-27-6-3-4-9-32(27)38-33)31-22-29(37)12-15-34(31)45-24(2)43/h3-15,20-22,35,38H,16-19H2,1-2H3,(H,39,44). The minimum atomic E-state index is -0.846. The average molecular weight is 605 g/mol. The fourth-order valence-corrected chi connectivity index (χ4v) is 5.77. The van der Waals surface area contributed by atoms with Crippen molar-refractivity contribution in [3.05, 3.63) is 120 Å². The van der Waals surface area contributed by atoms with Crippen LogP contribution in [0, 0.1) is 5.82 Å². The Morgan fingerprint density at radius 2 is 1.58 bits per heavy atom. The van der Waals surface area contributed by atoms with E-state index < -0.39 is 17.8 Å². The molecule has 2 heterocycles. The van der Waals surface area contributed by atoms with Gasteiger partial charge in [0, 0.05) is 68.1 Å². The van der Waals surface area contributed by atoms with Crippen LogP contribution in [0.4, 0.5) is 10.1 Å². The maximum absolute atomic E-state index is 14.6. The number of anilines is 1. The topological polar surface area (TPSA) is 94.7 Å². The lowest BCUT2D eigenvalue weighted by Crippen LogP contribution is -2.48. The number of carbonyl (C=O) groups excluding carboxylic acids is 3. The van der Waals surface area contributed by atoms with Gasteiger partial charge in [0.25, 0.3) is 5.91 Å². The Balaban J connectivity index is 1.27. The number of carbonyl (C=O) groups is 3. The fourth-order valence-electron chi connectivity index (χ4n) is 5.77. The smallest absolute Gasteiger partial charge is 0.308 e. The number of H-pyrrole nitrogens is 1. The van der Waals surface area contributed by atoms with Crippen molar-refractivity contribution < 1.29 is 23.5 Å². The van der Waals surface area contributed by atoms with Crippen molar-refractivity contribution in [3.63, 3.8) is 0 Å². The van der Waals surface area contributed by atoms with Crippen LogP contribution < -0.4 is 15.0 Å². The zero-order valence-corrected chi connectivity index (χ0v) is 25.0. The molecule has 45 heavy (non-hydrogen) atoms. The number of nitrogens with one attached hydrogen (secondary N) is 2. The second-order valence-corrected chi connectivity index (χ2v) is 11.1. The van der Waals surface area contributed by atoms with E-state index in [2.05, 4.69) is 27.3 Å². The number of esters is 1. The molecule has 0 spiro atoms. The van der Waals surface area contributed by atoms with Crippen LogP contribution in [0.25, 0.3) is 22.0 Å². The van der Waals surface area contributed by atoms with Crippen LogP contribution in [0.15, 0.2) is 97.1 Å². The highest BCUT2D eigenvalue weighted by atomic mass is 19.1. The molecule has 6 rings (SSSR count). The number of benzene rings is 4. The number of ether oxygens (including phenoxy) is 1. The van der Waals surface area contributed by atoms with Gasteiger partial charge < -0.3 is 24.8 Å². The molecule has 1 aliphatic heterocycles. The molecular weight excluding hydrogens is 571 g/mol. The van der Waals surface area contributed by atoms with E-state index in [0.717, 1.165) is 40.8 Å². The number of piperazine rings is 1. The minimum absolute atomic E-state index is 0.0994. The van der Waals surface area contributed by atoms with E-state index in [4.69, 9.17) is 4.74 Å². The lowest BCUT2D eigenvalue weighted by Gasteiger charge is -2.35. The third-order valence-corrected chi connectivity index (χ3v) is 8.09. The van der Waals surface area contributed by atoms with Crippen molar-refractivity contribution in [2.75, 3.05) is 31.1 Å². The van der Waals surface area contributed by atoms with Crippen molar-refractivity contribution in [2.24, 2.45) is 0 Å². The summed E-state index contributed by atoms with van der Waals surface area (Å²) < 4.78 is 20.0. The Morgan fingerprint density at radius 1 is 0.822 bits per heavy atom. The van der Waals surface area contributed by atoms with Gasteiger partial charge in [0.15, 0.2) is 0 Å². The summed E-state index contributed by atoms with van der Waals surface area (Å²) >= 11 is 0. The SMILES string of the molecule is CC(=O)Oc1ccc(F)cc1C(NC(=O)c1cccc(-c2ccc(N3CCN(C(C)=O)CC3)cc2)c1)c1cc2ccccc2[nH]1. The molecule has 0 radical (unpaired) electrons. The number of para-hydroxylation sites is 1. The first-order valence-electron chi connectivity index (χ1n) is 14.8. The highest BCUT2D eigenvalue weighted by Gasteiger charge is 2.25. The molecule has 1 aliphatic rings. The summed E-state index contributed by atoms with van der Waals surface area (Å²) in [5.41, 5.74) is 5.08. The van der Waals surface area contributed by atoms with Crippen molar-refractivity contribution in [3.8, 4) is 16.9 Å². The number of fused-ring (bicyclic) bond motifs is 1. The number of hydrogen-bond acceptors (Lipinski definition) is 5. The van der Waals surface area contributed by atoms with Crippen molar-refractivity contribution in [1.29, 1.82) is 0 Å². The molecule has 1 aromatic heterocycles. The molecule has 2 amide bonds. The van der Waals surface area contributed by atoms with Crippen molar-refractivity contribution in [1.82, 2.24) is 15.2 Å². The summed E-state index contributed by atoms with van der Waals surface area (Å²) in [6.45, 7) is 5.82. The van der Waals surface area contributed by atoms with Gasteiger partial charge in [0.1, 0.15) is 11.6 Å². The molecule has 1 unspecified atom stereocenters. The minimum Gasteiger partial charge on any atom is -0.426 e. The van der Waals surface area contributed by atoms with Gasteiger partial charge in [0.05, 0.1) is 6.04 Å². The zero-order valence-electron chi connectivity index (χ0n) is 25.0. The van der Waals surface area contributed by atoms with Crippen molar-refractivity contribution >= 4 is 34.4 Å². The van der Waals surface area contributed by atoms with Gasteiger partial charge in [-0.1, -0.05) is 42.5 Å². The largest absolute Gasteiger partial charge is 0.426 e. The van der Waals surface area contributed by atoms with Crippen LogP contribution in [-0.2, 0) is 9.59 Å². The molecule has 1 atom stereocenters. The quantitative estimate of drug-likeness (QED) is 0.173. The molecule has 2 N–H and O–H groups in total. The number of nitrogens with zero attached hydrogens (tertiary/aromatic N) is 2. The van der Waals surface area contributed by atoms with E-state index in [-0.39, 0.29) is 17.6 Å². The molecule has 4 aromatic carbocycles. The van der Waals surface area contributed by atoms with Gasteiger partial charge in [-0.2, -0.15) is 0 Å². The third kappa shape index (κ3) is 6.57. The first-order chi connectivity index (χ1) is 21.7. The first kappa shape index (κ1) is 29.6. The van der Waals surface area contributed by atoms with Crippen LogP contribution in [0.2, 0.25) is 0 Å². The van der Waals surface area contributed by atoms with E-state index in [1.54, 1.807) is 13.0 Å². The van der Waals surface area contributed by atoms with Crippen LogP contribution in [0.5, 0.6) is 5.75 Å². The van der Waals surface area contributed by atoms with Gasteiger partial charge in [0.2, 0.25) is 5.91 Å². The Bertz CT molecular complexity index is 1840. The summed E-state index contributed by atoms with van der Waals surface area (Å²) in [5.74, 6) is -1.20. The normalized spacial score (nSPS) is 13.8. The molecule has 8 nitrogen and oxygen atoms in total. The summed E-state index contributed by atoms with van der Waals surface area (Å²) in [6.07, 6.45) is 0. The van der Waals surface area contributed by atoms with Crippen LogP contribution in [0.3, 0.4) is 0 Å². The monoisotopic (exact) mass is 604 g/mol.